The van der Waals surface area contributed by atoms with Crippen LogP contribution in [-0.4, -0.2) is 31.3 Å². The predicted molar refractivity (Wildman–Crippen MR) is 93.8 cm³/mol. The van der Waals surface area contributed by atoms with E-state index >= 15 is 0 Å². The summed E-state index contributed by atoms with van der Waals surface area (Å²) in [7, 11) is 0. The van der Waals surface area contributed by atoms with E-state index in [1.54, 1.807) is 11.3 Å². The maximum absolute atomic E-state index is 5.79. The van der Waals surface area contributed by atoms with Gasteiger partial charge in [0.15, 0.2) is 16.6 Å². The maximum atomic E-state index is 5.79. The van der Waals surface area contributed by atoms with Crippen LogP contribution in [0.3, 0.4) is 0 Å². The van der Waals surface area contributed by atoms with Crippen LogP contribution in [0.5, 0.6) is 11.5 Å². The first kappa shape index (κ1) is 14.8. The molecule has 5 heteroatoms. The van der Waals surface area contributed by atoms with Gasteiger partial charge in [-0.15, -0.1) is 11.3 Å². The Bertz CT molecular complexity index is 685. The fraction of sp³-hybridized carbons (Fsp3) is 0.500. The van der Waals surface area contributed by atoms with Crippen molar-refractivity contribution in [1.82, 2.24) is 4.98 Å². The third kappa shape index (κ3) is 3.15. The Balaban J connectivity index is 1.58. The summed E-state index contributed by atoms with van der Waals surface area (Å²) in [6, 6.07) is 6.13. The van der Waals surface area contributed by atoms with Gasteiger partial charge in [-0.1, -0.05) is 6.92 Å². The number of ether oxygens (including phenoxy) is 2. The molecule has 0 amide bonds. The van der Waals surface area contributed by atoms with Gasteiger partial charge in [-0.3, -0.25) is 0 Å². The van der Waals surface area contributed by atoms with E-state index in [9.17, 15) is 0 Å². The van der Waals surface area contributed by atoms with Crippen molar-refractivity contribution >= 4 is 16.5 Å². The van der Waals surface area contributed by atoms with Crippen LogP contribution in [0.15, 0.2) is 23.6 Å². The molecule has 1 aromatic heterocycles. The van der Waals surface area contributed by atoms with Crippen molar-refractivity contribution in [2.24, 2.45) is 5.92 Å². The number of aromatic nitrogens is 1. The third-order valence-electron chi connectivity index (χ3n) is 4.46. The Labute approximate surface area is 141 Å². The van der Waals surface area contributed by atoms with Crippen molar-refractivity contribution in [1.29, 1.82) is 0 Å². The lowest BCUT2D eigenvalue weighted by atomic mass is 10.0. The second kappa shape index (κ2) is 6.40. The second-order valence-electron chi connectivity index (χ2n) is 6.42. The fourth-order valence-electron chi connectivity index (χ4n) is 3.23. The minimum Gasteiger partial charge on any atom is -0.490 e. The highest BCUT2D eigenvalue weighted by Gasteiger charge is 2.20. The molecule has 0 N–H and O–H groups in total. The second-order valence-corrected chi connectivity index (χ2v) is 7.26. The average molecular weight is 330 g/mol. The standard InChI is InChI=1S/C18H22N2O2S/c1-13-4-2-7-20(11-13)18-19-15(12-23-18)14-5-6-16-17(10-14)22-9-3-8-21-16/h5-6,10,12-13H,2-4,7-9,11H2,1H3. The first-order valence-electron chi connectivity index (χ1n) is 8.40. The lowest BCUT2D eigenvalue weighted by molar-refractivity contribution is 0.297. The SMILES string of the molecule is CC1CCCN(c2nc(-c3ccc4c(c3)OCCCO4)cs2)C1. The number of thiazole rings is 1. The van der Waals surface area contributed by atoms with Gasteiger partial charge in [0, 0.05) is 30.5 Å². The van der Waals surface area contributed by atoms with Crippen LogP contribution in [0.25, 0.3) is 11.3 Å². The topological polar surface area (TPSA) is 34.6 Å². The summed E-state index contributed by atoms with van der Waals surface area (Å²) in [4.78, 5) is 7.28. The highest BCUT2D eigenvalue weighted by molar-refractivity contribution is 7.14. The number of anilines is 1. The van der Waals surface area contributed by atoms with Crippen LogP contribution in [0.2, 0.25) is 0 Å². The molecule has 2 aliphatic heterocycles. The molecule has 0 saturated carbocycles. The molecule has 23 heavy (non-hydrogen) atoms. The van der Waals surface area contributed by atoms with Crippen molar-refractivity contribution in [3.8, 4) is 22.8 Å². The van der Waals surface area contributed by atoms with E-state index in [4.69, 9.17) is 14.5 Å². The molecule has 1 aromatic carbocycles. The van der Waals surface area contributed by atoms with Gasteiger partial charge in [-0.25, -0.2) is 4.98 Å². The Kier molecular flexibility index (Phi) is 4.12. The minimum absolute atomic E-state index is 0.713. The zero-order valence-electron chi connectivity index (χ0n) is 13.5. The molecule has 1 atom stereocenters. The van der Waals surface area contributed by atoms with Gasteiger partial charge in [0.2, 0.25) is 0 Å². The molecule has 1 saturated heterocycles. The zero-order valence-corrected chi connectivity index (χ0v) is 14.3. The van der Waals surface area contributed by atoms with Crippen molar-refractivity contribution in [2.45, 2.75) is 26.2 Å². The fourth-order valence-corrected chi connectivity index (χ4v) is 4.10. The Hall–Kier alpha value is -1.75. The van der Waals surface area contributed by atoms with E-state index in [1.165, 1.54) is 12.8 Å². The summed E-state index contributed by atoms with van der Waals surface area (Å²) < 4.78 is 11.5. The van der Waals surface area contributed by atoms with Gasteiger partial charge in [0.05, 0.1) is 18.9 Å². The number of piperidine rings is 1. The number of rotatable bonds is 2. The molecule has 2 aromatic rings. The molecule has 1 unspecified atom stereocenters. The Morgan fingerprint density at radius 1 is 1.17 bits per heavy atom. The predicted octanol–water partition coefficient (Wildman–Crippen LogP) is 4.21. The number of fused-ring (bicyclic) bond motifs is 1. The molecule has 122 valence electrons. The first-order valence-corrected chi connectivity index (χ1v) is 9.28. The van der Waals surface area contributed by atoms with E-state index in [1.807, 2.05) is 6.07 Å². The lowest BCUT2D eigenvalue weighted by Crippen LogP contribution is -2.34. The summed E-state index contributed by atoms with van der Waals surface area (Å²) >= 11 is 1.74. The smallest absolute Gasteiger partial charge is 0.185 e. The molecular formula is C18H22N2O2S. The van der Waals surface area contributed by atoms with Crippen molar-refractivity contribution < 1.29 is 9.47 Å². The molecule has 0 radical (unpaired) electrons. The van der Waals surface area contributed by atoms with Crippen LogP contribution < -0.4 is 14.4 Å². The number of nitrogens with zero attached hydrogens (tertiary/aromatic N) is 2. The average Bonchev–Trinajstić information content (AvgIpc) is 2.94. The van der Waals surface area contributed by atoms with E-state index < -0.39 is 0 Å². The summed E-state index contributed by atoms with van der Waals surface area (Å²) in [5.41, 5.74) is 2.13. The highest BCUT2D eigenvalue weighted by atomic mass is 32.1. The summed E-state index contributed by atoms with van der Waals surface area (Å²) in [5, 5.41) is 3.28. The van der Waals surface area contributed by atoms with Crippen molar-refractivity contribution in [2.75, 3.05) is 31.2 Å². The van der Waals surface area contributed by atoms with Crippen LogP contribution >= 0.6 is 11.3 Å². The third-order valence-corrected chi connectivity index (χ3v) is 5.36. The van der Waals surface area contributed by atoms with Gasteiger partial charge in [-0.2, -0.15) is 0 Å². The Morgan fingerprint density at radius 3 is 2.91 bits per heavy atom. The van der Waals surface area contributed by atoms with Gasteiger partial charge < -0.3 is 14.4 Å². The largest absolute Gasteiger partial charge is 0.490 e. The molecule has 2 aliphatic rings. The summed E-state index contributed by atoms with van der Waals surface area (Å²) in [5.74, 6) is 2.43. The Morgan fingerprint density at radius 2 is 2.04 bits per heavy atom. The zero-order chi connectivity index (χ0) is 15.6. The molecule has 4 nitrogen and oxygen atoms in total. The molecular weight excluding hydrogens is 308 g/mol. The maximum Gasteiger partial charge on any atom is 0.185 e. The summed E-state index contributed by atoms with van der Waals surface area (Å²) in [6.45, 7) is 6.00. The minimum atomic E-state index is 0.713. The molecule has 4 rings (SSSR count). The lowest BCUT2D eigenvalue weighted by Gasteiger charge is -2.30. The van der Waals surface area contributed by atoms with Gasteiger partial charge in [0.25, 0.3) is 0 Å². The molecule has 1 fully saturated rings. The summed E-state index contributed by atoms with van der Waals surface area (Å²) in [6.07, 6.45) is 3.52. The van der Waals surface area contributed by atoms with E-state index in [2.05, 4.69) is 29.3 Å². The van der Waals surface area contributed by atoms with E-state index in [0.29, 0.717) is 6.61 Å². The van der Waals surface area contributed by atoms with Gasteiger partial charge >= 0.3 is 0 Å². The highest BCUT2D eigenvalue weighted by Crippen LogP contribution is 2.36. The molecule has 0 aliphatic carbocycles. The van der Waals surface area contributed by atoms with Gasteiger partial charge in [-0.05, 0) is 37.0 Å². The van der Waals surface area contributed by atoms with Gasteiger partial charge in [0.1, 0.15) is 0 Å². The molecule has 3 heterocycles. The monoisotopic (exact) mass is 330 g/mol. The van der Waals surface area contributed by atoms with Crippen molar-refractivity contribution in [3.63, 3.8) is 0 Å². The van der Waals surface area contributed by atoms with Crippen LogP contribution in [0.1, 0.15) is 26.2 Å². The molecule has 0 bridgehead atoms. The normalized spacial score (nSPS) is 21.1. The first-order chi connectivity index (χ1) is 11.3. The van der Waals surface area contributed by atoms with E-state index in [0.717, 1.165) is 59.9 Å². The van der Waals surface area contributed by atoms with Crippen LogP contribution in [-0.2, 0) is 0 Å². The number of hydrogen-bond donors (Lipinski definition) is 0. The number of benzene rings is 1. The van der Waals surface area contributed by atoms with Crippen LogP contribution in [0, 0.1) is 5.92 Å². The van der Waals surface area contributed by atoms with Crippen molar-refractivity contribution in [3.05, 3.63) is 23.6 Å². The van der Waals surface area contributed by atoms with E-state index in [-0.39, 0.29) is 0 Å². The quantitative estimate of drug-likeness (QED) is 0.826. The number of hydrogen-bond acceptors (Lipinski definition) is 5. The molecule has 0 spiro atoms. The van der Waals surface area contributed by atoms with Crippen LogP contribution in [0.4, 0.5) is 5.13 Å².